The summed E-state index contributed by atoms with van der Waals surface area (Å²) in [5, 5.41) is 25.3. The van der Waals surface area contributed by atoms with Gasteiger partial charge in [0.05, 0.1) is 11.1 Å². The lowest BCUT2D eigenvalue weighted by Crippen LogP contribution is -2.27. The predicted molar refractivity (Wildman–Crippen MR) is 136 cm³/mol. The maximum absolute atomic E-state index is 11.2. The molecule has 2 heterocycles. The summed E-state index contributed by atoms with van der Waals surface area (Å²) in [5.41, 5.74) is 0.987. The van der Waals surface area contributed by atoms with Gasteiger partial charge in [-0.1, -0.05) is 11.6 Å². The molecular weight excluding hydrogens is 469 g/mol. The molecule has 4 radical (unpaired) electrons. The number of amides is 2. The van der Waals surface area contributed by atoms with Gasteiger partial charge in [-0.25, -0.2) is 9.97 Å². The molecule has 13 heteroatoms. The third-order valence-electron chi connectivity index (χ3n) is 3.20. The smallest absolute Gasteiger partial charge is 0.260 e. The van der Waals surface area contributed by atoms with Crippen molar-refractivity contribution in [2.75, 3.05) is 41.4 Å². The topological polar surface area (TPSA) is 143 Å². The predicted octanol–water partition coefficient (Wildman–Crippen LogP) is 0.828. The molecule has 0 aliphatic heterocycles. The van der Waals surface area contributed by atoms with E-state index in [4.69, 9.17) is 34.9 Å². The standard InChI is InChI=1S/C10H11N3O2.C6H3ClN2.C4H9NO2.C2H2.B2.H2/c1-13(2)10(14)7-15-9-4-3-8(5-11)6-12-9;7-6-2-1-5(3-8)4-9-6;1-5(2)4(7)3-6;2*1-2;/h3-4,6H,7H2,1-2H3;1-2,4H;6H,3H2,1-2H3;1-2H;;1H/i;;;;;1+1D. The average molecular weight is 499 g/mol. The Balaban J connectivity index is -0.000000213. The van der Waals surface area contributed by atoms with Crippen molar-refractivity contribution in [1.82, 2.24) is 19.8 Å². The van der Waals surface area contributed by atoms with Crippen LogP contribution in [0.5, 0.6) is 5.88 Å². The van der Waals surface area contributed by atoms with Crippen molar-refractivity contribution in [1.29, 1.82) is 10.5 Å². The zero-order valence-corrected chi connectivity index (χ0v) is 20.7. The van der Waals surface area contributed by atoms with Gasteiger partial charge in [-0.3, -0.25) is 9.59 Å². The van der Waals surface area contributed by atoms with E-state index in [1.165, 1.54) is 22.2 Å². The summed E-state index contributed by atoms with van der Waals surface area (Å²) in [5.74, 6) is -0.0645. The van der Waals surface area contributed by atoms with Gasteiger partial charge in [-0.2, -0.15) is 10.5 Å². The molecule has 2 amide bonds. The first-order chi connectivity index (χ1) is 17.6. The number of halogens is 1. The Hall–Kier alpha value is -4.04. The molecular formula is C22H27B2ClN6O4. The van der Waals surface area contributed by atoms with E-state index in [0.29, 0.717) is 22.2 Å². The van der Waals surface area contributed by atoms with Gasteiger partial charge in [0.1, 0.15) is 23.9 Å². The fourth-order valence-electron chi connectivity index (χ4n) is 1.38. The second-order valence-corrected chi connectivity index (χ2v) is 6.39. The molecule has 0 aliphatic carbocycles. The van der Waals surface area contributed by atoms with Crippen LogP contribution in [0.25, 0.3) is 0 Å². The summed E-state index contributed by atoms with van der Waals surface area (Å²) in [6, 6.07) is 10.2. The van der Waals surface area contributed by atoms with E-state index in [1.807, 2.05) is 12.1 Å². The quantitative estimate of drug-likeness (QED) is 0.371. The number of pyridine rings is 2. The lowest BCUT2D eigenvalue weighted by Gasteiger charge is -2.10. The monoisotopic (exact) mass is 498 g/mol. The van der Waals surface area contributed by atoms with E-state index in [-0.39, 0.29) is 18.4 Å². The van der Waals surface area contributed by atoms with Crippen molar-refractivity contribution in [3.63, 3.8) is 0 Å². The van der Waals surface area contributed by atoms with Gasteiger partial charge in [-0.15, -0.1) is 12.8 Å². The Morgan fingerprint density at radius 3 is 1.77 bits per heavy atom. The van der Waals surface area contributed by atoms with Crippen LogP contribution in [0, 0.1) is 35.5 Å². The Kier molecular flexibility index (Phi) is 21.9. The molecule has 0 aliphatic rings. The number of likely N-dealkylation sites (N-methyl/N-ethyl adjacent to an activating group) is 2. The first-order valence-corrected chi connectivity index (χ1v) is 9.70. The Labute approximate surface area is 217 Å². The first kappa shape index (κ1) is 33.1. The van der Waals surface area contributed by atoms with Crippen molar-refractivity contribution in [3.05, 3.63) is 52.9 Å². The summed E-state index contributed by atoms with van der Waals surface area (Å²) >= 11 is 5.45. The number of hydrogen-bond donors (Lipinski definition) is 1. The van der Waals surface area contributed by atoms with Gasteiger partial charge < -0.3 is 19.6 Å². The Bertz CT molecular complexity index is 968. The zero-order chi connectivity index (χ0) is 29.8. The third-order valence-corrected chi connectivity index (χ3v) is 3.42. The molecule has 0 saturated carbocycles. The zero-order valence-electron chi connectivity index (χ0n) is 21.9. The van der Waals surface area contributed by atoms with Gasteiger partial charge in [0, 0.05) is 65.1 Å². The van der Waals surface area contributed by atoms with Crippen molar-refractivity contribution in [3.8, 4) is 30.9 Å². The molecule has 0 bridgehead atoms. The number of nitriles is 2. The minimum Gasteiger partial charge on any atom is -0.468 e. The number of aliphatic hydroxyl groups is 1. The molecule has 0 unspecified atom stereocenters. The van der Waals surface area contributed by atoms with E-state index in [1.54, 1.807) is 52.5 Å². The molecule has 0 atom stereocenters. The van der Waals surface area contributed by atoms with Crippen LogP contribution < -0.4 is 4.74 Å². The largest absolute Gasteiger partial charge is 0.468 e. The highest BCUT2D eigenvalue weighted by molar-refractivity contribution is 6.75. The number of rotatable bonds is 4. The van der Waals surface area contributed by atoms with Crippen molar-refractivity contribution >= 4 is 38.9 Å². The van der Waals surface area contributed by atoms with Crippen LogP contribution in [0.4, 0.5) is 0 Å². The molecule has 2 aromatic heterocycles. The van der Waals surface area contributed by atoms with Gasteiger partial charge in [-0.05, 0) is 18.2 Å². The summed E-state index contributed by atoms with van der Waals surface area (Å²) in [7, 11) is 14.5. The Morgan fingerprint density at radius 2 is 1.49 bits per heavy atom. The highest BCUT2D eigenvalue weighted by Crippen LogP contribution is 2.06. The molecule has 0 saturated heterocycles. The molecule has 2 aromatic rings. The molecule has 2 rings (SSSR count). The lowest BCUT2D eigenvalue weighted by atomic mass is 9.81. The molecule has 0 aromatic carbocycles. The highest BCUT2D eigenvalue weighted by atomic mass is 35.5. The van der Waals surface area contributed by atoms with Crippen LogP contribution >= 0.6 is 11.6 Å². The summed E-state index contributed by atoms with van der Waals surface area (Å²) < 4.78 is 15.1. The maximum atomic E-state index is 11.2. The van der Waals surface area contributed by atoms with Crippen molar-refractivity contribution < 1.29 is 22.4 Å². The minimum atomic E-state index is -0.396. The highest BCUT2D eigenvalue weighted by Gasteiger charge is 2.05. The summed E-state index contributed by atoms with van der Waals surface area (Å²) in [6.07, 6.45) is 10.8. The van der Waals surface area contributed by atoms with Crippen LogP contribution in [0.2, 0.25) is 5.15 Å². The lowest BCUT2D eigenvalue weighted by molar-refractivity contribution is -0.131. The van der Waals surface area contributed by atoms with Crippen LogP contribution in [0.15, 0.2) is 36.7 Å². The van der Waals surface area contributed by atoms with Gasteiger partial charge in [0.25, 0.3) is 5.91 Å². The number of nitrogens with zero attached hydrogens (tertiary/aromatic N) is 6. The number of carbonyl (C=O) groups excluding carboxylic acids is 2. The number of ether oxygens (including phenoxy) is 1. The number of terminal acetylenes is 1. The number of aliphatic hydroxyl groups excluding tert-OH is 1. The Morgan fingerprint density at radius 1 is 1.03 bits per heavy atom. The summed E-state index contributed by atoms with van der Waals surface area (Å²) in [4.78, 5) is 31.7. The molecule has 10 nitrogen and oxygen atoms in total. The van der Waals surface area contributed by atoms with Crippen LogP contribution in [0.1, 0.15) is 14.1 Å². The second-order valence-electron chi connectivity index (χ2n) is 6.00. The molecule has 0 fully saturated rings. The third kappa shape index (κ3) is 19.2. The minimum absolute atomic E-state index is 0.0497. The fourth-order valence-corrected chi connectivity index (χ4v) is 1.49. The van der Waals surface area contributed by atoms with E-state index >= 15 is 0 Å². The van der Waals surface area contributed by atoms with Crippen LogP contribution in [0.3, 0.4) is 0 Å². The number of carbonyl (C=O) groups is 2. The van der Waals surface area contributed by atoms with Crippen LogP contribution in [-0.2, 0) is 9.59 Å². The molecule has 1 N–H and O–H groups in total. The van der Waals surface area contributed by atoms with E-state index < -0.39 is 6.61 Å². The van der Waals surface area contributed by atoms with Crippen molar-refractivity contribution in [2.45, 2.75) is 0 Å². The van der Waals surface area contributed by atoms with Crippen LogP contribution in [-0.4, -0.2) is 93.6 Å². The molecule has 35 heavy (non-hydrogen) atoms. The van der Waals surface area contributed by atoms with E-state index in [2.05, 4.69) is 38.3 Å². The summed E-state index contributed by atoms with van der Waals surface area (Å²) in [6.45, 7) is -0.446. The van der Waals surface area contributed by atoms with Gasteiger partial charge >= 0.3 is 0 Å². The number of aromatic nitrogens is 2. The molecule has 0 spiro atoms. The van der Waals surface area contributed by atoms with E-state index in [0.717, 1.165) is 0 Å². The fraction of sp³-hybridized carbons (Fsp3) is 0.273. The normalized spacial score (nSPS) is 8.17. The van der Waals surface area contributed by atoms with Crippen molar-refractivity contribution in [2.24, 2.45) is 0 Å². The first-order valence-electron chi connectivity index (χ1n) is 10.3. The van der Waals surface area contributed by atoms with Gasteiger partial charge in [0.15, 0.2) is 6.61 Å². The van der Waals surface area contributed by atoms with Gasteiger partial charge in [0.2, 0.25) is 11.8 Å². The molecule has 182 valence electrons. The SMILES string of the molecule is C#C.CN(C)C(=O)CO.CN(C)C(=O)COc1ccc(C#N)cn1.N#Cc1ccc(Cl)nc1.[2H][2H].[B][B]. The number of hydrogen-bond acceptors (Lipinski definition) is 8. The van der Waals surface area contributed by atoms with E-state index in [9.17, 15) is 9.59 Å². The average Bonchev–Trinajstić information content (AvgIpc) is 2.95. The maximum Gasteiger partial charge on any atom is 0.260 e. The second kappa shape index (κ2) is 23.1.